The monoisotopic (exact) mass is 480 g/mol. The van der Waals surface area contributed by atoms with Gasteiger partial charge in [0.1, 0.15) is 6.23 Å². The quantitative estimate of drug-likeness (QED) is 0.218. The number of carbonyl (C=O) groups excluding carboxylic acids is 1. The van der Waals surface area contributed by atoms with E-state index in [1.54, 1.807) is 6.92 Å². The van der Waals surface area contributed by atoms with Crippen LogP contribution in [0.1, 0.15) is 13.8 Å². The van der Waals surface area contributed by atoms with Crippen molar-refractivity contribution in [2.24, 2.45) is 0 Å². The third kappa shape index (κ3) is 5.13. The summed E-state index contributed by atoms with van der Waals surface area (Å²) in [6.07, 6.45) is -0.629. The van der Waals surface area contributed by atoms with Crippen molar-refractivity contribution < 1.29 is 9.90 Å². The van der Waals surface area contributed by atoms with Crippen LogP contribution in [0, 0.1) is 0 Å². The zero-order valence-corrected chi connectivity index (χ0v) is 19.6. The van der Waals surface area contributed by atoms with Crippen LogP contribution < -0.4 is 10.6 Å². The van der Waals surface area contributed by atoms with Crippen molar-refractivity contribution in [3.63, 3.8) is 0 Å². The first-order valence-electron chi connectivity index (χ1n) is 11.3. The van der Waals surface area contributed by atoms with Crippen LogP contribution >= 0.6 is 0 Å². The molecule has 3 aromatic carbocycles. The average molecular weight is 481 g/mol. The molecule has 10 heteroatoms. The van der Waals surface area contributed by atoms with E-state index in [0.717, 1.165) is 33.6 Å². The molecule has 0 radical (unpaired) electrons. The van der Waals surface area contributed by atoms with Gasteiger partial charge in [0, 0.05) is 40.6 Å². The third-order valence-electron chi connectivity index (χ3n) is 5.36. The summed E-state index contributed by atoms with van der Waals surface area (Å²) in [5.41, 5.74) is 4.92. The van der Waals surface area contributed by atoms with Gasteiger partial charge < -0.3 is 15.7 Å². The number of hydrogen-bond donors (Lipinski definition) is 5. The summed E-state index contributed by atoms with van der Waals surface area (Å²) in [6, 6.07) is 22.6. The van der Waals surface area contributed by atoms with E-state index in [1.165, 1.54) is 6.92 Å². The fourth-order valence-corrected chi connectivity index (χ4v) is 3.72. The van der Waals surface area contributed by atoms with E-state index in [4.69, 9.17) is 0 Å². The largest absolute Gasteiger partial charge is 0.374 e. The van der Waals surface area contributed by atoms with Gasteiger partial charge in [0.05, 0.1) is 0 Å². The highest BCUT2D eigenvalue weighted by Crippen LogP contribution is 2.26. The van der Waals surface area contributed by atoms with Crippen LogP contribution in [-0.4, -0.2) is 47.6 Å². The number of benzene rings is 3. The highest BCUT2D eigenvalue weighted by Gasteiger charge is 2.12. The Morgan fingerprint density at radius 1 is 0.778 bits per heavy atom. The Balaban J connectivity index is 1.34. The maximum atomic E-state index is 11.2. The molecule has 5 rings (SSSR count). The van der Waals surface area contributed by atoms with Crippen LogP contribution in [-0.2, 0) is 4.79 Å². The molecular weight excluding hydrogens is 456 g/mol. The number of aromatic amines is 2. The zero-order chi connectivity index (χ0) is 25.1. The molecule has 0 spiro atoms. The lowest BCUT2D eigenvalue weighted by Gasteiger charge is -2.08. The van der Waals surface area contributed by atoms with Crippen LogP contribution in [0.5, 0.6) is 0 Å². The van der Waals surface area contributed by atoms with Crippen molar-refractivity contribution in [3.05, 3.63) is 72.8 Å². The summed E-state index contributed by atoms with van der Waals surface area (Å²) < 4.78 is 0. The summed E-state index contributed by atoms with van der Waals surface area (Å²) in [5, 5.41) is 29.9. The van der Waals surface area contributed by atoms with E-state index in [1.807, 2.05) is 72.8 Å². The van der Waals surface area contributed by atoms with Crippen molar-refractivity contribution in [2.45, 2.75) is 20.1 Å². The summed E-state index contributed by atoms with van der Waals surface area (Å²) >= 11 is 0. The number of carbonyl (C=O) groups is 1. The molecule has 1 unspecified atom stereocenters. The number of amides is 1. The number of H-pyrrole nitrogens is 2. The van der Waals surface area contributed by atoms with Crippen LogP contribution in [0.2, 0.25) is 0 Å². The Kier molecular flexibility index (Phi) is 6.25. The van der Waals surface area contributed by atoms with Gasteiger partial charge >= 0.3 is 0 Å². The van der Waals surface area contributed by atoms with Gasteiger partial charge in [-0.1, -0.05) is 18.2 Å². The Morgan fingerprint density at radius 2 is 1.28 bits per heavy atom. The van der Waals surface area contributed by atoms with Gasteiger partial charge in [0.2, 0.25) is 5.91 Å². The molecule has 10 nitrogen and oxygen atoms in total. The minimum atomic E-state index is -0.629. The molecule has 36 heavy (non-hydrogen) atoms. The number of hydrogen-bond acceptors (Lipinski definition) is 7. The molecule has 0 saturated carbocycles. The first kappa shape index (κ1) is 22.9. The van der Waals surface area contributed by atoms with Crippen molar-refractivity contribution in [2.75, 3.05) is 10.6 Å². The molecule has 2 aromatic heterocycles. The summed E-state index contributed by atoms with van der Waals surface area (Å²) in [4.78, 5) is 20.5. The number of nitrogens with one attached hydrogen (secondary N) is 4. The van der Waals surface area contributed by atoms with Gasteiger partial charge in [0.25, 0.3) is 0 Å². The maximum Gasteiger partial charge on any atom is 0.221 e. The highest BCUT2D eigenvalue weighted by molar-refractivity contribution is 5.88. The predicted octanol–water partition coefficient (Wildman–Crippen LogP) is 4.30. The molecule has 0 fully saturated rings. The molecule has 5 aromatic rings. The fraction of sp³-hybridized carbons (Fsp3) is 0.115. The number of anilines is 2. The Labute approximate surface area is 206 Å². The van der Waals surface area contributed by atoms with Gasteiger partial charge in [-0.15, -0.1) is 0 Å². The standard InChI is InChI=1S/C26H24N8O2/c1-15(35)27-21-10-6-17(7-11-21)23-29-25(33-31-23)19-4-3-5-20(14-19)26-30-24(32-34-26)18-8-12-22(13-9-18)28-16(2)36/h3-15,27,35H,1-2H3,(H,28,36)(H,29,31,33)(H,30,32,34). The second-order valence-electron chi connectivity index (χ2n) is 8.25. The summed E-state index contributed by atoms with van der Waals surface area (Å²) in [5.74, 6) is 2.25. The van der Waals surface area contributed by atoms with E-state index >= 15 is 0 Å². The van der Waals surface area contributed by atoms with Gasteiger partial charge in [0.15, 0.2) is 23.3 Å². The molecule has 180 valence electrons. The average Bonchev–Trinajstić information content (AvgIpc) is 3.55. The maximum absolute atomic E-state index is 11.2. The second-order valence-corrected chi connectivity index (χ2v) is 8.25. The zero-order valence-electron chi connectivity index (χ0n) is 19.6. The van der Waals surface area contributed by atoms with Crippen molar-refractivity contribution in [1.29, 1.82) is 0 Å². The lowest BCUT2D eigenvalue weighted by molar-refractivity contribution is -0.114. The minimum absolute atomic E-state index is 0.119. The summed E-state index contributed by atoms with van der Waals surface area (Å²) in [6.45, 7) is 3.13. The number of aliphatic hydroxyl groups excluding tert-OH is 1. The molecule has 1 atom stereocenters. The van der Waals surface area contributed by atoms with Crippen molar-refractivity contribution in [1.82, 2.24) is 30.4 Å². The predicted molar refractivity (Wildman–Crippen MR) is 138 cm³/mol. The number of rotatable bonds is 7. The van der Waals surface area contributed by atoms with Crippen LogP contribution in [0.15, 0.2) is 72.8 Å². The van der Waals surface area contributed by atoms with Gasteiger partial charge in [-0.3, -0.25) is 15.0 Å². The fourth-order valence-electron chi connectivity index (χ4n) is 3.72. The molecule has 1 amide bonds. The van der Waals surface area contributed by atoms with Crippen molar-refractivity contribution >= 4 is 17.3 Å². The van der Waals surface area contributed by atoms with E-state index in [0.29, 0.717) is 23.3 Å². The van der Waals surface area contributed by atoms with E-state index in [2.05, 4.69) is 41.0 Å². The van der Waals surface area contributed by atoms with Gasteiger partial charge in [-0.05, 0) is 61.5 Å². The van der Waals surface area contributed by atoms with Gasteiger partial charge in [-0.25, -0.2) is 9.97 Å². The SMILES string of the molecule is CC(=O)Nc1ccc(-c2nc(-c3cccc(-c4n[nH]c(-c5ccc(NC(C)O)cc5)n4)c3)n[nH]2)cc1. The highest BCUT2D eigenvalue weighted by atomic mass is 16.3. The van der Waals surface area contributed by atoms with Gasteiger partial charge in [-0.2, -0.15) is 10.2 Å². The second kappa shape index (κ2) is 9.80. The van der Waals surface area contributed by atoms with E-state index in [-0.39, 0.29) is 5.91 Å². The minimum Gasteiger partial charge on any atom is -0.374 e. The first-order chi connectivity index (χ1) is 17.4. The van der Waals surface area contributed by atoms with Crippen molar-refractivity contribution in [3.8, 4) is 45.6 Å². The third-order valence-corrected chi connectivity index (χ3v) is 5.36. The van der Waals surface area contributed by atoms with E-state index in [9.17, 15) is 9.90 Å². The summed E-state index contributed by atoms with van der Waals surface area (Å²) in [7, 11) is 0. The lowest BCUT2D eigenvalue weighted by atomic mass is 10.1. The van der Waals surface area contributed by atoms with Crippen LogP contribution in [0.4, 0.5) is 11.4 Å². The molecule has 0 aliphatic carbocycles. The Bertz CT molecular complexity index is 1490. The topological polar surface area (TPSA) is 144 Å². The Morgan fingerprint density at radius 3 is 1.75 bits per heavy atom. The normalized spacial score (nSPS) is 11.8. The molecule has 0 aliphatic heterocycles. The first-order valence-corrected chi connectivity index (χ1v) is 11.3. The molecule has 2 heterocycles. The smallest absolute Gasteiger partial charge is 0.221 e. The molecule has 0 bridgehead atoms. The van der Waals surface area contributed by atoms with Crippen LogP contribution in [0.25, 0.3) is 45.6 Å². The number of nitrogens with zero attached hydrogens (tertiary/aromatic N) is 4. The molecular formula is C26H24N8O2. The Hall–Kier alpha value is -4.83. The molecule has 0 aliphatic rings. The lowest BCUT2D eigenvalue weighted by Crippen LogP contribution is -2.12. The van der Waals surface area contributed by atoms with E-state index < -0.39 is 6.23 Å². The number of aromatic nitrogens is 6. The van der Waals surface area contributed by atoms with Crippen LogP contribution in [0.3, 0.4) is 0 Å². The molecule has 0 saturated heterocycles. The number of aliphatic hydroxyl groups is 1. The molecule has 5 N–H and O–H groups in total.